The van der Waals surface area contributed by atoms with Crippen molar-refractivity contribution in [1.29, 1.82) is 0 Å². The van der Waals surface area contributed by atoms with E-state index >= 15 is 0 Å². The lowest BCUT2D eigenvalue weighted by Crippen LogP contribution is -2.30. The molecule has 0 saturated carbocycles. The van der Waals surface area contributed by atoms with Crippen molar-refractivity contribution in [3.05, 3.63) is 22.7 Å². The highest BCUT2D eigenvalue weighted by atomic mass is 31.2. The standard InChI is InChI=1S/C12H19FN3O5P/c1-7(2)21-22(18)19-6-8-5-9(13)11(20-8)16-4-3-10(14)15-12(16)17/h3-4,7-9,11,18H,5-6H2,1-2H3,(H2,14,15,17). The molecule has 0 aromatic carbocycles. The number of nitrogen functional groups attached to an aromatic ring is 1. The average Bonchev–Trinajstić information content (AvgIpc) is 2.77. The van der Waals surface area contributed by atoms with E-state index in [9.17, 15) is 14.1 Å². The third kappa shape index (κ3) is 4.44. The first kappa shape index (κ1) is 17.2. The van der Waals surface area contributed by atoms with Gasteiger partial charge in [0.15, 0.2) is 6.23 Å². The molecule has 2 heterocycles. The van der Waals surface area contributed by atoms with Crippen LogP contribution in [0.5, 0.6) is 0 Å². The van der Waals surface area contributed by atoms with Crippen molar-refractivity contribution in [3.8, 4) is 0 Å². The van der Waals surface area contributed by atoms with Crippen LogP contribution in [0.25, 0.3) is 0 Å². The summed E-state index contributed by atoms with van der Waals surface area (Å²) in [5.41, 5.74) is 4.71. The van der Waals surface area contributed by atoms with E-state index in [1.165, 1.54) is 12.3 Å². The molecule has 0 spiro atoms. The predicted octanol–water partition coefficient (Wildman–Crippen LogP) is 1.11. The number of halogens is 1. The molecule has 4 unspecified atom stereocenters. The summed E-state index contributed by atoms with van der Waals surface area (Å²) in [5.74, 6) is 0.0614. The SMILES string of the molecule is CC(C)OP(O)OCC1CC(F)C(n2ccc(N)nc2=O)O1. The Morgan fingerprint density at radius 1 is 1.68 bits per heavy atom. The fourth-order valence-corrected chi connectivity index (χ4v) is 2.75. The van der Waals surface area contributed by atoms with E-state index in [2.05, 4.69) is 4.98 Å². The molecule has 1 aliphatic heterocycles. The van der Waals surface area contributed by atoms with Gasteiger partial charge in [0, 0.05) is 12.6 Å². The zero-order chi connectivity index (χ0) is 16.3. The Kier molecular flexibility index (Phi) is 5.82. The van der Waals surface area contributed by atoms with Gasteiger partial charge in [-0.25, -0.2) is 9.18 Å². The highest BCUT2D eigenvalue weighted by Crippen LogP contribution is 2.37. The summed E-state index contributed by atoms with van der Waals surface area (Å²) in [4.78, 5) is 24.7. The second kappa shape index (κ2) is 7.43. The molecule has 10 heteroatoms. The summed E-state index contributed by atoms with van der Waals surface area (Å²) in [6, 6.07) is 1.39. The summed E-state index contributed by atoms with van der Waals surface area (Å²) in [6.45, 7) is 3.49. The van der Waals surface area contributed by atoms with Gasteiger partial charge in [0.1, 0.15) is 12.0 Å². The minimum Gasteiger partial charge on any atom is -0.383 e. The van der Waals surface area contributed by atoms with Crippen molar-refractivity contribution in [1.82, 2.24) is 9.55 Å². The quantitative estimate of drug-likeness (QED) is 0.750. The Hall–Kier alpha value is -1.12. The van der Waals surface area contributed by atoms with E-state index < -0.39 is 32.8 Å². The first-order chi connectivity index (χ1) is 10.4. The summed E-state index contributed by atoms with van der Waals surface area (Å²) in [7, 11) is -2.03. The van der Waals surface area contributed by atoms with Crippen molar-refractivity contribution >= 4 is 14.4 Å². The number of ether oxygens (including phenoxy) is 1. The lowest BCUT2D eigenvalue weighted by Gasteiger charge is -2.17. The molecule has 0 bridgehead atoms. The molecule has 3 N–H and O–H groups in total. The Labute approximate surface area is 128 Å². The molecule has 0 radical (unpaired) electrons. The largest absolute Gasteiger partial charge is 0.383 e. The number of anilines is 1. The fraction of sp³-hybridized carbons (Fsp3) is 0.667. The third-order valence-electron chi connectivity index (χ3n) is 2.93. The summed E-state index contributed by atoms with van der Waals surface area (Å²) in [5, 5.41) is 0. The average molecular weight is 335 g/mol. The van der Waals surface area contributed by atoms with Gasteiger partial charge in [-0.1, -0.05) is 0 Å². The number of aromatic nitrogens is 2. The number of hydrogen-bond donors (Lipinski definition) is 2. The maximum atomic E-state index is 14.1. The molecule has 1 saturated heterocycles. The number of nitrogens with two attached hydrogens (primary N) is 1. The monoisotopic (exact) mass is 335 g/mol. The Morgan fingerprint density at radius 2 is 2.41 bits per heavy atom. The van der Waals surface area contributed by atoms with Crippen LogP contribution in [0.1, 0.15) is 26.5 Å². The number of alkyl halides is 1. The van der Waals surface area contributed by atoms with Crippen LogP contribution in [-0.4, -0.2) is 39.4 Å². The fourth-order valence-electron chi connectivity index (χ4n) is 2.03. The molecule has 8 nitrogen and oxygen atoms in total. The van der Waals surface area contributed by atoms with E-state index in [0.717, 1.165) is 4.57 Å². The molecule has 1 aliphatic rings. The Morgan fingerprint density at radius 3 is 3.05 bits per heavy atom. The van der Waals surface area contributed by atoms with Crippen LogP contribution in [0.3, 0.4) is 0 Å². The van der Waals surface area contributed by atoms with Crippen LogP contribution in [0.4, 0.5) is 10.2 Å². The maximum Gasteiger partial charge on any atom is 0.351 e. The van der Waals surface area contributed by atoms with Gasteiger partial charge in [-0.3, -0.25) is 4.57 Å². The van der Waals surface area contributed by atoms with Crippen molar-refractivity contribution in [2.75, 3.05) is 12.3 Å². The van der Waals surface area contributed by atoms with Gasteiger partial charge in [0.2, 0.25) is 0 Å². The van der Waals surface area contributed by atoms with Crippen molar-refractivity contribution < 1.29 is 23.1 Å². The molecule has 1 aromatic heterocycles. The molecule has 0 aliphatic carbocycles. The minimum atomic E-state index is -2.03. The molecule has 22 heavy (non-hydrogen) atoms. The molecule has 0 amide bonds. The first-order valence-electron chi connectivity index (χ1n) is 6.79. The molecular formula is C12H19FN3O5P. The molecule has 124 valence electrons. The number of hydrogen-bond acceptors (Lipinski definition) is 7. The third-order valence-corrected chi connectivity index (χ3v) is 3.90. The van der Waals surface area contributed by atoms with Crippen molar-refractivity contribution in [2.24, 2.45) is 0 Å². The molecule has 1 aromatic rings. The molecule has 1 fully saturated rings. The number of nitrogens with zero attached hydrogens (tertiary/aromatic N) is 2. The second-order valence-electron chi connectivity index (χ2n) is 5.13. The van der Waals surface area contributed by atoms with Gasteiger partial charge in [-0.05, 0) is 19.9 Å². The van der Waals surface area contributed by atoms with E-state index in [1.54, 1.807) is 13.8 Å². The maximum absolute atomic E-state index is 14.1. The zero-order valence-corrected chi connectivity index (χ0v) is 13.1. The van der Waals surface area contributed by atoms with Crippen LogP contribution < -0.4 is 11.4 Å². The van der Waals surface area contributed by atoms with Crippen LogP contribution in [0.2, 0.25) is 0 Å². The first-order valence-corrected chi connectivity index (χ1v) is 7.92. The van der Waals surface area contributed by atoms with Gasteiger partial charge in [0.25, 0.3) is 0 Å². The van der Waals surface area contributed by atoms with E-state index in [1.807, 2.05) is 0 Å². The van der Waals surface area contributed by atoms with Gasteiger partial charge in [-0.15, -0.1) is 0 Å². The van der Waals surface area contributed by atoms with Crippen LogP contribution >= 0.6 is 8.60 Å². The lowest BCUT2D eigenvalue weighted by atomic mass is 10.2. The second-order valence-corrected chi connectivity index (χ2v) is 6.08. The molecule has 4 atom stereocenters. The predicted molar refractivity (Wildman–Crippen MR) is 77.6 cm³/mol. The summed E-state index contributed by atoms with van der Waals surface area (Å²) >= 11 is 0. The van der Waals surface area contributed by atoms with Gasteiger partial charge >= 0.3 is 14.3 Å². The van der Waals surface area contributed by atoms with Gasteiger partial charge in [0.05, 0.1) is 18.8 Å². The highest BCUT2D eigenvalue weighted by Gasteiger charge is 2.37. The van der Waals surface area contributed by atoms with Crippen molar-refractivity contribution in [3.63, 3.8) is 0 Å². The van der Waals surface area contributed by atoms with Crippen LogP contribution in [0.15, 0.2) is 17.1 Å². The zero-order valence-electron chi connectivity index (χ0n) is 12.3. The molecule has 2 rings (SSSR count). The van der Waals surface area contributed by atoms with Crippen LogP contribution in [0, 0.1) is 0 Å². The van der Waals surface area contributed by atoms with Crippen molar-refractivity contribution in [2.45, 2.75) is 44.9 Å². The summed E-state index contributed by atoms with van der Waals surface area (Å²) < 4.78 is 30.7. The Bertz CT molecular complexity index is 558. The normalized spacial score (nSPS) is 26.5. The smallest absolute Gasteiger partial charge is 0.351 e. The van der Waals surface area contributed by atoms with Crippen LogP contribution in [-0.2, 0) is 13.8 Å². The topological polar surface area (TPSA) is 109 Å². The molecular weight excluding hydrogens is 316 g/mol. The lowest BCUT2D eigenvalue weighted by molar-refractivity contribution is -0.0380. The Balaban J connectivity index is 1.93. The van der Waals surface area contributed by atoms with E-state index in [0.29, 0.717) is 0 Å². The van der Waals surface area contributed by atoms with Gasteiger partial charge < -0.3 is 24.4 Å². The number of rotatable bonds is 6. The van der Waals surface area contributed by atoms with E-state index in [-0.39, 0.29) is 24.9 Å². The van der Waals surface area contributed by atoms with E-state index in [4.69, 9.17) is 19.5 Å². The van der Waals surface area contributed by atoms with Gasteiger partial charge in [-0.2, -0.15) is 4.98 Å². The minimum absolute atomic E-state index is 0.0248. The highest BCUT2D eigenvalue weighted by molar-refractivity contribution is 7.40. The summed E-state index contributed by atoms with van der Waals surface area (Å²) in [6.07, 6.45) is -1.84.